The Morgan fingerprint density at radius 2 is 1.19 bits per heavy atom. The van der Waals surface area contributed by atoms with E-state index < -0.39 is 130 Å². The van der Waals surface area contributed by atoms with Crippen molar-refractivity contribution in [2.24, 2.45) is 12.0 Å². The standard InChI is InChI=1S/C20H23F4NO5.C17H16F4N2O2S.C6H15N.C2HF3O2.C2H3NS.ClH/c1-5-29-15(27)8-14(26)13-6-10(9-25(13)19(28)30-20(2,3)4)16-17(23)11(21)7-12(22)18(16)24;1-3-25-13(24)6-11-12-4-8(7-23(12)17(26)22(11)2)14-15(20)9(18)5-10(19)16(14)21;1-4-7(5-2)6-3;3-2(4,5)1(6)7;1-3-2-4;/h7,10,13H,5-6,8-9H2,1-4H3;5,8H,3-4,6-7H2,1-2H3;4-6H2,1-3H3;(H,6,7);1H3;1H/t10-,13?;8-;;;;/m00..../s1. The van der Waals surface area contributed by atoms with E-state index in [-0.39, 0.29) is 63.6 Å². The number of imidazole rings is 1. The molecular formula is C47H59ClF11N5O9S2. The molecule has 2 aliphatic rings. The van der Waals surface area contributed by atoms with Gasteiger partial charge >= 0.3 is 30.2 Å². The van der Waals surface area contributed by atoms with Crippen LogP contribution in [0.3, 0.4) is 0 Å². The molecule has 3 atom stereocenters. The molecule has 2 aliphatic heterocycles. The third-order valence-corrected chi connectivity index (χ3v) is 11.4. The number of nitrogens with zero attached hydrogens (tertiary/aromatic N) is 5. The van der Waals surface area contributed by atoms with E-state index in [0.717, 1.165) is 4.90 Å². The molecule has 2 aromatic carbocycles. The highest BCUT2D eigenvalue weighted by Crippen LogP contribution is 2.39. The number of likely N-dealkylation sites (tertiary alicyclic amines) is 1. The van der Waals surface area contributed by atoms with Crippen LogP contribution in [0.5, 0.6) is 0 Å². The number of carbonyl (C=O) groups excluding carboxylic acids is 4. The minimum Gasteiger partial charge on any atom is -0.475 e. The minimum atomic E-state index is -5.08. The summed E-state index contributed by atoms with van der Waals surface area (Å²) < 4.78 is 161. The van der Waals surface area contributed by atoms with E-state index in [2.05, 4.69) is 48.0 Å². The van der Waals surface area contributed by atoms with Crippen molar-refractivity contribution in [2.75, 3.05) is 46.4 Å². The van der Waals surface area contributed by atoms with Gasteiger partial charge in [-0.25, -0.2) is 49.7 Å². The zero-order chi connectivity index (χ0) is 57.2. The normalized spacial score (nSPS) is 15.4. The Labute approximate surface area is 442 Å². The van der Waals surface area contributed by atoms with Gasteiger partial charge in [-0.1, -0.05) is 20.8 Å². The molecule has 1 N–H and O–H groups in total. The van der Waals surface area contributed by atoms with Crippen molar-refractivity contribution in [1.29, 1.82) is 0 Å². The number of fused-ring (bicyclic) bond motifs is 1. The molecule has 14 nitrogen and oxygen atoms in total. The molecule has 1 aromatic heterocycles. The molecular weight excluding hydrogens is 1090 g/mol. The van der Waals surface area contributed by atoms with E-state index in [1.807, 2.05) is 0 Å². The number of benzene rings is 2. The van der Waals surface area contributed by atoms with E-state index in [4.69, 9.17) is 36.3 Å². The zero-order valence-corrected chi connectivity index (χ0v) is 44.9. The van der Waals surface area contributed by atoms with Gasteiger partial charge in [0.1, 0.15) is 12.0 Å². The molecule has 1 amide bonds. The van der Waals surface area contributed by atoms with Crippen LogP contribution in [0.15, 0.2) is 17.1 Å². The molecule has 3 heterocycles. The quantitative estimate of drug-likeness (QED) is 0.0348. The number of aliphatic carboxylic acids is 1. The van der Waals surface area contributed by atoms with Crippen molar-refractivity contribution in [1.82, 2.24) is 18.9 Å². The number of aromatic nitrogens is 2. The summed E-state index contributed by atoms with van der Waals surface area (Å²) in [5.74, 6) is -18.9. The van der Waals surface area contributed by atoms with Crippen molar-refractivity contribution in [2.45, 2.75) is 117 Å². The van der Waals surface area contributed by atoms with Gasteiger partial charge in [-0.05, 0) is 91.5 Å². The number of ether oxygens (including phenoxy) is 3. The number of halogens is 12. The molecule has 0 radical (unpaired) electrons. The van der Waals surface area contributed by atoms with Gasteiger partial charge in [0.2, 0.25) is 0 Å². The topological polar surface area (TPSA) is 162 Å². The number of alkyl halides is 3. The van der Waals surface area contributed by atoms with Crippen LogP contribution in [0, 0.1) is 51.3 Å². The Balaban J connectivity index is 0.00000109. The number of thiocarbonyl (C=S) groups is 1. The van der Waals surface area contributed by atoms with Crippen LogP contribution in [0.4, 0.5) is 53.1 Å². The first-order valence-electron chi connectivity index (χ1n) is 22.6. The highest BCUT2D eigenvalue weighted by atomic mass is 35.5. The molecule has 75 heavy (non-hydrogen) atoms. The monoisotopic (exact) mass is 1150 g/mol. The lowest BCUT2D eigenvalue weighted by atomic mass is 9.93. The van der Waals surface area contributed by atoms with Gasteiger partial charge < -0.3 is 33.4 Å². The van der Waals surface area contributed by atoms with Crippen molar-refractivity contribution >= 4 is 71.8 Å². The maximum Gasteiger partial charge on any atom is 0.490 e. The first kappa shape index (κ1) is 69.5. The van der Waals surface area contributed by atoms with E-state index in [1.54, 1.807) is 57.8 Å². The number of carboxylic acid groups (broad SMARTS) is 1. The number of ketones is 1. The Hall–Kier alpha value is -5.50. The highest BCUT2D eigenvalue weighted by Gasteiger charge is 2.45. The summed E-state index contributed by atoms with van der Waals surface area (Å²) >= 11 is 9.45. The summed E-state index contributed by atoms with van der Waals surface area (Å²) in [6, 6.07) is -1.01. The second-order valence-corrected chi connectivity index (χ2v) is 17.3. The zero-order valence-electron chi connectivity index (χ0n) is 42.5. The summed E-state index contributed by atoms with van der Waals surface area (Å²) in [4.78, 5) is 64.2. The van der Waals surface area contributed by atoms with Crippen LogP contribution in [0.25, 0.3) is 0 Å². The lowest BCUT2D eigenvalue weighted by molar-refractivity contribution is -0.192. The van der Waals surface area contributed by atoms with Gasteiger partial charge in [0.15, 0.2) is 57.1 Å². The second kappa shape index (κ2) is 31.5. The maximum absolute atomic E-state index is 14.3. The Morgan fingerprint density at radius 1 is 0.773 bits per heavy atom. The number of esters is 2. The Morgan fingerprint density at radius 3 is 1.55 bits per heavy atom. The van der Waals surface area contributed by atoms with Crippen LogP contribution in [-0.4, -0.2) is 123 Å². The van der Waals surface area contributed by atoms with Gasteiger partial charge in [0, 0.05) is 68.0 Å². The van der Waals surface area contributed by atoms with Gasteiger partial charge in [-0.3, -0.25) is 19.3 Å². The van der Waals surface area contributed by atoms with Crippen LogP contribution in [-0.2, 0) is 59.8 Å². The van der Waals surface area contributed by atoms with Crippen molar-refractivity contribution in [3.05, 3.63) is 86.0 Å². The van der Waals surface area contributed by atoms with E-state index in [1.165, 1.54) is 19.6 Å². The molecule has 0 saturated carbocycles. The SMILES string of the molecule is CCN(CC)CC.CCOC(=O)CC(=O)C1C[C@H](c2c(F)c(F)cc(F)c2F)CN1C(=O)OC(C)(C)C.CCOC(=O)Cc1c2n(c(=S)n1C)C[C@@H](c1c(F)c(F)cc(F)c1F)C2.CN=C=S.Cl.O=C(O)C(F)(F)F. The number of Topliss-reactive ketones (excluding diaryl/α,β-unsaturated/α-hetero) is 1. The molecule has 1 unspecified atom stereocenters. The predicted octanol–water partition coefficient (Wildman–Crippen LogP) is 10.5. The molecule has 422 valence electrons. The van der Waals surface area contributed by atoms with Gasteiger partial charge in [-0.2, -0.15) is 13.2 Å². The second-order valence-electron chi connectivity index (χ2n) is 16.8. The summed E-state index contributed by atoms with van der Waals surface area (Å²) in [5.41, 5.74) is -1.30. The molecule has 1 saturated heterocycles. The summed E-state index contributed by atoms with van der Waals surface area (Å²) in [6.45, 7) is 18.0. The van der Waals surface area contributed by atoms with Crippen LogP contribution in [0.1, 0.15) is 103 Å². The number of carboxylic acids is 1. The molecule has 0 aliphatic carbocycles. The fraction of sp³-hybridized carbons (Fsp3) is 0.553. The lowest BCUT2D eigenvalue weighted by Gasteiger charge is -2.27. The minimum absolute atomic E-state index is 0. The van der Waals surface area contributed by atoms with Gasteiger partial charge in [-0.15, -0.1) is 12.4 Å². The van der Waals surface area contributed by atoms with Gasteiger partial charge in [0.05, 0.1) is 36.5 Å². The molecule has 3 aromatic rings. The number of hydrogen-bond donors (Lipinski definition) is 1. The van der Waals surface area contributed by atoms with E-state index >= 15 is 0 Å². The lowest BCUT2D eigenvalue weighted by Crippen LogP contribution is -2.44. The third kappa shape index (κ3) is 20.2. The first-order chi connectivity index (χ1) is 34.3. The predicted molar refractivity (Wildman–Crippen MR) is 259 cm³/mol. The number of rotatable bonds is 12. The fourth-order valence-corrected chi connectivity index (χ4v) is 7.67. The summed E-state index contributed by atoms with van der Waals surface area (Å²) in [5, 5.41) is 9.26. The molecule has 5 rings (SSSR count). The number of isothiocyanates is 1. The molecule has 0 bridgehead atoms. The number of amides is 1. The van der Waals surface area contributed by atoms with E-state index in [9.17, 15) is 67.5 Å². The van der Waals surface area contributed by atoms with Crippen molar-refractivity contribution < 1.29 is 91.6 Å². The largest absolute Gasteiger partial charge is 0.490 e. The number of carbonyl (C=O) groups is 5. The van der Waals surface area contributed by atoms with Crippen molar-refractivity contribution in [3.63, 3.8) is 0 Å². The average Bonchev–Trinajstić information content (AvgIpc) is 4.01. The van der Waals surface area contributed by atoms with Crippen molar-refractivity contribution in [3.8, 4) is 0 Å². The number of aliphatic imine (C=N–C) groups is 1. The van der Waals surface area contributed by atoms with Crippen LogP contribution < -0.4 is 0 Å². The van der Waals surface area contributed by atoms with Crippen LogP contribution >= 0.6 is 36.8 Å². The Bertz CT molecular complexity index is 2510. The number of hydrogen-bond acceptors (Lipinski definition) is 12. The summed E-state index contributed by atoms with van der Waals surface area (Å²) in [7, 11) is 3.27. The molecule has 1 fully saturated rings. The fourth-order valence-electron chi connectivity index (χ4n) is 7.37. The smallest absolute Gasteiger partial charge is 0.475 e. The molecule has 0 spiro atoms. The Kier molecular flexibility index (Phi) is 29.2. The molecule has 28 heteroatoms. The summed E-state index contributed by atoms with van der Waals surface area (Å²) in [6.07, 6.45) is -6.99. The maximum atomic E-state index is 14.3. The highest BCUT2D eigenvalue weighted by molar-refractivity contribution is 7.78. The third-order valence-electron chi connectivity index (χ3n) is 10.7. The van der Waals surface area contributed by atoms with Crippen LogP contribution in [0.2, 0.25) is 0 Å². The van der Waals surface area contributed by atoms with E-state index in [0.29, 0.717) is 16.2 Å². The average molecular weight is 1150 g/mol. The van der Waals surface area contributed by atoms with Gasteiger partial charge in [0.25, 0.3) is 0 Å². The first-order valence-corrected chi connectivity index (χ1v) is 23.4.